The Balaban J connectivity index is 1.80. The van der Waals surface area contributed by atoms with Crippen molar-refractivity contribution in [3.8, 4) is 5.75 Å². The SMILES string of the molecule is COc1ccc2ccccc2c1[C@H]1C(C(C)=O)=C(C)N=c2s/c(=C\c3ccc(N(C)C)cc3)c(=O)n21. The number of Topliss-reactive ketones (excluding diaryl/α,β-unsaturated/α-hetero) is 1. The second kappa shape index (κ2) is 9.24. The van der Waals surface area contributed by atoms with Crippen LogP contribution in [0.15, 0.2) is 81.7 Å². The molecule has 1 aliphatic heterocycles. The van der Waals surface area contributed by atoms with Gasteiger partial charge in [-0.3, -0.25) is 14.2 Å². The van der Waals surface area contributed by atoms with Crippen molar-refractivity contribution < 1.29 is 9.53 Å². The Hall–Kier alpha value is -3.97. The van der Waals surface area contributed by atoms with E-state index in [4.69, 9.17) is 9.73 Å². The van der Waals surface area contributed by atoms with Gasteiger partial charge in [0.2, 0.25) is 0 Å². The third-order valence-corrected chi connectivity index (χ3v) is 7.52. The topological polar surface area (TPSA) is 63.9 Å². The summed E-state index contributed by atoms with van der Waals surface area (Å²) < 4.78 is 7.98. The Bertz CT molecular complexity index is 1710. The highest BCUT2D eigenvalue weighted by Crippen LogP contribution is 2.40. The third kappa shape index (κ3) is 3.95. The predicted octanol–water partition coefficient (Wildman–Crippen LogP) is 4.05. The average molecular weight is 498 g/mol. The summed E-state index contributed by atoms with van der Waals surface area (Å²) in [5, 5.41) is 1.94. The van der Waals surface area contributed by atoms with Crippen LogP contribution in [0.2, 0.25) is 0 Å². The molecule has 0 aliphatic carbocycles. The van der Waals surface area contributed by atoms with E-state index in [1.165, 1.54) is 18.3 Å². The number of aromatic nitrogens is 1. The van der Waals surface area contributed by atoms with Crippen molar-refractivity contribution in [1.82, 2.24) is 4.57 Å². The quantitative estimate of drug-likeness (QED) is 0.417. The minimum Gasteiger partial charge on any atom is -0.496 e. The summed E-state index contributed by atoms with van der Waals surface area (Å²) in [5.74, 6) is 0.505. The number of ketones is 1. The number of methoxy groups -OCH3 is 1. The van der Waals surface area contributed by atoms with E-state index >= 15 is 0 Å². The molecule has 3 aromatic carbocycles. The summed E-state index contributed by atoms with van der Waals surface area (Å²) in [5.41, 5.74) is 3.73. The van der Waals surface area contributed by atoms with Crippen LogP contribution >= 0.6 is 11.3 Å². The van der Waals surface area contributed by atoms with Gasteiger partial charge in [0.25, 0.3) is 5.56 Å². The van der Waals surface area contributed by atoms with E-state index in [1.54, 1.807) is 11.7 Å². The minimum absolute atomic E-state index is 0.121. The molecule has 7 heteroatoms. The number of nitrogens with zero attached hydrogens (tertiary/aromatic N) is 3. The zero-order valence-corrected chi connectivity index (χ0v) is 21.7. The number of carbonyl (C=O) groups excluding carboxylic acids is 1. The third-order valence-electron chi connectivity index (χ3n) is 6.53. The minimum atomic E-state index is -0.641. The molecule has 0 radical (unpaired) electrons. The van der Waals surface area contributed by atoms with Crippen LogP contribution in [0.3, 0.4) is 0 Å². The molecule has 0 N–H and O–H groups in total. The Morgan fingerprint density at radius 2 is 1.81 bits per heavy atom. The lowest BCUT2D eigenvalue weighted by Crippen LogP contribution is -2.39. The highest BCUT2D eigenvalue weighted by Gasteiger charge is 2.33. The fraction of sp³-hybridized carbons (Fsp3) is 0.207. The van der Waals surface area contributed by atoms with Crippen LogP contribution in [0.5, 0.6) is 5.75 Å². The van der Waals surface area contributed by atoms with Gasteiger partial charge in [-0.2, -0.15) is 0 Å². The van der Waals surface area contributed by atoms with Gasteiger partial charge in [0.1, 0.15) is 5.75 Å². The maximum atomic E-state index is 13.9. The van der Waals surface area contributed by atoms with Gasteiger partial charge in [0.15, 0.2) is 10.6 Å². The van der Waals surface area contributed by atoms with Crippen molar-refractivity contribution in [2.24, 2.45) is 4.99 Å². The number of rotatable bonds is 5. The summed E-state index contributed by atoms with van der Waals surface area (Å²) in [4.78, 5) is 34.1. The summed E-state index contributed by atoms with van der Waals surface area (Å²) in [6.45, 7) is 3.36. The maximum Gasteiger partial charge on any atom is 0.271 e. The molecule has 0 fully saturated rings. The van der Waals surface area contributed by atoms with E-state index in [0.717, 1.165) is 27.6 Å². The van der Waals surface area contributed by atoms with Gasteiger partial charge in [0.05, 0.1) is 17.7 Å². The molecule has 182 valence electrons. The van der Waals surface area contributed by atoms with Crippen LogP contribution in [-0.4, -0.2) is 31.6 Å². The standard InChI is InChI=1S/C29H27N3O3S/c1-17-25(18(2)33)27(26-22-9-7-6-8-20(22)12-15-23(26)35-5)32-28(34)24(36-29(32)30-17)16-19-10-13-21(14-11-19)31(3)4/h6-16,27H,1-5H3/b24-16-/t27-/m1/s1. The molecule has 0 amide bonds. The zero-order chi connectivity index (χ0) is 25.6. The second-order valence-electron chi connectivity index (χ2n) is 9.03. The second-order valence-corrected chi connectivity index (χ2v) is 10.0. The molecule has 0 spiro atoms. The van der Waals surface area contributed by atoms with Crippen molar-refractivity contribution in [1.29, 1.82) is 0 Å². The molecule has 6 nitrogen and oxygen atoms in total. The molecule has 0 saturated heterocycles. The summed E-state index contributed by atoms with van der Waals surface area (Å²) in [7, 11) is 5.59. The predicted molar refractivity (Wildman–Crippen MR) is 146 cm³/mol. The molecule has 1 aliphatic rings. The number of hydrogen-bond acceptors (Lipinski definition) is 6. The number of anilines is 1. The molecule has 0 saturated carbocycles. The highest BCUT2D eigenvalue weighted by molar-refractivity contribution is 7.07. The Morgan fingerprint density at radius 3 is 2.47 bits per heavy atom. The number of hydrogen-bond donors (Lipinski definition) is 0. The maximum absolute atomic E-state index is 13.9. The molecular formula is C29H27N3O3S. The first-order chi connectivity index (χ1) is 17.3. The van der Waals surface area contributed by atoms with Gasteiger partial charge in [-0.25, -0.2) is 4.99 Å². The van der Waals surface area contributed by atoms with E-state index < -0.39 is 6.04 Å². The van der Waals surface area contributed by atoms with Gasteiger partial charge in [-0.15, -0.1) is 0 Å². The first-order valence-corrected chi connectivity index (χ1v) is 12.5. The number of thiazole rings is 1. The normalized spacial score (nSPS) is 15.6. The lowest BCUT2D eigenvalue weighted by atomic mass is 9.89. The Labute approximate surface area is 213 Å². The molecule has 5 rings (SSSR count). The van der Waals surface area contributed by atoms with E-state index in [0.29, 0.717) is 26.4 Å². The fourth-order valence-corrected chi connectivity index (χ4v) is 5.85. The molecule has 4 aromatic rings. The molecule has 0 bridgehead atoms. The van der Waals surface area contributed by atoms with Crippen LogP contribution in [0.25, 0.3) is 16.8 Å². The van der Waals surface area contributed by atoms with Crippen molar-refractivity contribution >= 4 is 39.7 Å². The van der Waals surface area contributed by atoms with Gasteiger partial charge in [-0.1, -0.05) is 53.8 Å². The number of allylic oxidation sites excluding steroid dienone is 2. The van der Waals surface area contributed by atoms with Crippen LogP contribution in [0, 0.1) is 0 Å². The number of carbonyl (C=O) groups is 1. The van der Waals surface area contributed by atoms with Crippen LogP contribution in [-0.2, 0) is 4.79 Å². The first kappa shape index (κ1) is 23.8. The monoisotopic (exact) mass is 497 g/mol. The van der Waals surface area contributed by atoms with E-state index in [-0.39, 0.29) is 11.3 Å². The molecule has 0 unspecified atom stereocenters. The Kier molecular flexibility index (Phi) is 6.10. The van der Waals surface area contributed by atoms with Gasteiger partial charge >= 0.3 is 0 Å². The largest absolute Gasteiger partial charge is 0.496 e. The van der Waals surface area contributed by atoms with Crippen LogP contribution in [0.4, 0.5) is 5.69 Å². The molecule has 2 heterocycles. The van der Waals surface area contributed by atoms with E-state index in [2.05, 4.69) is 0 Å². The van der Waals surface area contributed by atoms with E-state index in [1.807, 2.05) is 92.7 Å². The van der Waals surface area contributed by atoms with Crippen LogP contribution in [0.1, 0.15) is 31.0 Å². The number of fused-ring (bicyclic) bond motifs is 2. The van der Waals surface area contributed by atoms with Gasteiger partial charge in [0, 0.05) is 36.6 Å². The summed E-state index contributed by atoms with van der Waals surface area (Å²) in [6.07, 6.45) is 1.88. The molecular weight excluding hydrogens is 470 g/mol. The van der Waals surface area contributed by atoms with Crippen molar-refractivity contribution in [3.63, 3.8) is 0 Å². The highest BCUT2D eigenvalue weighted by atomic mass is 32.1. The first-order valence-electron chi connectivity index (χ1n) is 11.7. The summed E-state index contributed by atoms with van der Waals surface area (Å²) >= 11 is 1.33. The lowest BCUT2D eigenvalue weighted by Gasteiger charge is -2.27. The molecule has 1 aromatic heterocycles. The van der Waals surface area contributed by atoms with Gasteiger partial charge in [-0.05, 0) is 54.5 Å². The van der Waals surface area contributed by atoms with Crippen molar-refractivity contribution in [2.75, 3.05) is 26.1 Å². The zero-order valence-electron chi connectivity index (χ0n) is 20.9. The summed E-state index contributed by atoms with van der Waals surface area (Å²) in [6, 6.07) is 19.2. The molecule has 36 heavy (non-hydrogen) atoms. The lowest BCUT2D eigenvalue weighted by molar-refractivity contribution is -0.114. The average Bonchev–Trinajstić information content (AvgIpc) is 3.16. The smallest absolute Gasteiger partial charge is 0.271 e. The van der Waals surface area contributed by atoms with Crippen LogP contribution < -0.4 is 24.5 Å². The number of benzene rings is 3. The Morgan fingerprint density at radius 1 is 1.08 bits per heavy atom. The van der Waals surface area contributed by atoms with Crippen molar-refractivity contribution in [2.45, 2.75) is 19.9 Å². The number of ether oxygens (including phenoxy) is 1. The van der Waals surface area contributed by atoms with Gasteiger partial charge < -0.3 is 9.64 Å². The fourth-order valence-electron chi connectivity index (χ4n) is 4.80. The molecule has 1 atom stereocenters. The van der Waals surface area contributed by atoms with E-state index in [9.17, 15) is 9.59 Å². The van der Waals surface area contributed by atoms with Crippen molar-refractivity contribution in [3.05, 3.63) is 103 Å².